The summed E-state index contributed by atoms with van der Waals surface area (Å²) in [6.45, 7) is 0. The average Bonchev–Trinajstić information content (AvgIpc) is 2.84. The third-order valence-electron chi connectivity index (χ3n) is 6.29. The summed E-state index contributed by atoms with van der Waals surface area (Å²) in [5, 5.41) is 14.4. The lowest BCUT2D eigenvalue weighted by Gasteiger charge is -2.22. The number of anilines is 1. The molecule has 0 bridgehead atoms. The van der Waals surface area contributed by atoms with Crippen molar-refractivity contribution in [3.8, 4) is 28.8 Å². The van der Waals surface area contributed by atoms with Crippen LogP contribution in [0.1, 0.15) is 76.2 Å². The fraction of sp³-hybridized carbons (Fsp3) is 0.577. The van der Waals surface area contributed by atoms with Gasteiger partial charge in [-0.25, -0.2) is 9.97 Å². The summed E-state index contributed by atoms with van der Waals surface area (Å²) in [6, 6.07) is 8.31. The van der Waals surface area contributed by atoms with Gasteiger partial charge in [0, 0.05) is 11.6 Å². The fourth-order valence-corrected chi connectivity index (χ4v) is 4.80. The number of nitrogens with zero attached hydrogens (tertiary/aromatic N) is 3. The summed E-state index contributed by atoms with van der Waals surface area (Å²) < 4.78 is 10.8. The molecule has 2 aromatic rings. The van der Waals surface area contributed by atoms with Gasteiger partial charge < -0.3 is 14.8 Å². The quantitative estimate of drug-likeness (QED) is 0.367. The summed E-state index contributed by atoms with van der Waals surface area (Å²) in [6.07, 6.45) is 15.9. The molecule has 1 aromatic heterocycles. The molecule has 1 N–H and O–H groups in total. The van der Waals surface area contributed by atoms with Crippen molar-refractivity contribution in [3.05, 3.63) is 23.8 Å². The maximum absolute atomic E-state index is 10.1. The third kappa shape index (κ3) is 7.01. The normalized spacial score (nSPS) is 16.2. The molecule has 33 heavy (non-hydrogen) atoms. The van der Waals surface area contributed by atoms with E-state index >= 15 is 0 Å². The van der Waals surface area contributed by atoms with E-state index in [9.17, 15) is 5.26 Å². The number of benzene rings is 1. The van der Waals surface area contributed by atoms with E-state index in [1.54, 1.807) is 14.2 Å². The van der Waals surface area contributed by atoms with Crippen molar-refractivity contribution in [1.82, 2.24) is 9.97 Å². The number of ether oxygens (including phenoxy) is 2. The lowest BCUT2D eigenvalue weighted by Crippen LogP contribution is -2.22. The average molecular weight is 469 g/mol. The molecule has 1 aromatic carbocycles. The summed E-state index contributed by atoms with van der Waals surface area (Å²) in [4.78, 5) is 9.40. The Hall–Kier alpha value is -2.46. The van der Waals surface area contributed by atoms with Crippen LogP contribution in [0, 0.1) is 11.3 Å². The van der Waals surface area contributed by atoms with Gasteiger partial charge in [-0.05, 0) is 37.3 Å². The van der Waals surface area contributed by atoms with Gasteiger partial charge in [0.1, 0.15) is 17.5 Å². The van der Waals surface area contributed by atoms with Gasteiger partial charge in [0.2, 0.25) is 0 Å². The van der Waals surface area contributed by atoms with E-state index in [4.69, 9.17) is 19.4 Å². The monoisotopic (exact) mass is 468 g/mol. The molecule has 0 aliphatic heterocycles. The van der Waals surface area contributed by atoms with E-state index in [0.717, 1.165) is 18.4 Å². The summed E-state index contributed by atoms with van der Waals surface area (Å²) in [7, 11) is 3.22. The van der Waals surface area contributed by atoms with Gasteiger partial charge in [-0.2, -0.15) is 5.26 Å². The van der Waals surface area contributed by atoms with Crippen molar-refractivity contribution in [2.45, 2.75) is 81.8 Å². The topological polar surface area (TPSA) is 80.1 Å². The van der Waals surface area contributed by atoms with E-state index in [2.05, 4.69) is 11.4 Å². The van der Waals surface area contributed by atoms with E-state index in [1.807, 2.05) is 24.5 Å². The van der Waals surface area contributed by atoms with Gasteiger partial charge in [-0.15, -0.1) is 0 Å². The second kappa shape index (κ2) is 13.3. The fourth-order valence-electron chi connectivity index (χ4n) is 4.44. The van der Waals surface area contributed by atoms with E-state index in [0.29, 0.717) is 39.8 Å². The highest BCUT2D eigenvalue weighted by molar-refractivity contribution is 7.98. The molecule has 1 heterocycles. The smallest absolute Gasteiger partial charge is 0.189 e. The Kier molecular flexibility index (Phi) is 10.1. The Morgan fingerprint density at radius 3 is 2.06 bits per heavy atom. The second-order valence-corrected chi connectivity index (χ2v) is 9.34. The number of hydrogen-bond acceptors (Lipinski definition) is 7. The minimum atomic E-state index is 0.319. The van der Waals surface area contributed by atoms with Crippen LogP contribution in [-0.2, 0) is 0 Å². The molecule has 0 radical (unpaired) electrons. The molecule has 0 spiro atoms. The summed E-state index contributed by atoms with van der Waals surface area (Å²) >= 11 is 1.48. The van der Waals surface area contributed by atoms with Crippen molar-refractivity contribution in [1.29, 1.82) is 5.26 Å². The zero-order chi connectivity index (χ0) is 23.5. The highest BCUT2D eigenvalue weighted by Gasteiger charge is 2.20. The Morgan fingerprint density at radius 2 is 1.52 bits per heavy atom. The Balaban J connectivity index is 1.92. The van der Waals surface area contributed by atoms with Crippen molar-refractivity contribution in [2.75, 3.05) is 25.8 Å². The molecule has 0 saturated heterocycles. The number of nitriles is 1. The van der Waals surface area contributed by atoms with Gasteiger partial charge in [0.25, 0.3) is 0 Å². The zero-order valence-corrected chi connectivity index (χ0v) is 21.0. The van der Waals surface area contributed by atoms with Crippen molar-refractivity contribution in [3.63, 3.8) is 0 Å². The third-order valence-corrected chi connectivity index (χ3v) is 6.83. The van der Waals surface area contributed by atoms with Gasteiger partial charge in [0.05, 0.1) is 19.9 Å². The lowest BCUT2D eigenvalue weighted by molar-refractivity contribution is 0.355. The molecule has 7 heteroatoms. The van der Waals surface area contributed by atoms with Crippen LogP contribution in [0.2, 0.25) is 0 Å². The number of rotatable bonds is 6. The molecule has 0 amide bonds. The van der Waals surface area contributed by atoms with Crippen molar-refractivity contribution in [2.24, 2.45) is 0 Å². The predicted molar refractivity (Wildman–Crippen MR) is 135 cm³/mol. The molecule has 3 rings (SSSR count). The molecule has 1 aliphatic rings. The Morgan fingerprint density at radius 1 is 0.909 bits per heavy atom. The largest absolute Gasteiger partial charge is 0.493 e. The van der Waals surface area contributed by atoms with E-state index < -0.39 is 0 Å². The summed E-state index contributed by atoms with van der Waals surface area (Å²) in [5.41, 5.74) is 1.91. The second-order valence-electron chi connectivity index (χ2n) is 8.56. The molecular formula is C26H36N4O2S. The lowest BCUT2D eigenvalue weighted by atomic mass is 9.97. The molecule has 0 atom stereocenters. The molecule has 178 valence electrons. The summed E-state index contributed by atoms with van der Waals surface area (Å²) in [5.74, 6) is 1.89. The van der Waals surface area contributed by atoms with Gasteiger partial charge in [-0.1, -0.05) is 69.5 Å². The van der Waals surface area contributed by atoms with Crippen LogP contribution in [0.4, 0.5) is 5.82 Å². The highest BCUT2D eigenvalue weighted by atomic mass is 32.2. The number of hydrogen-bond donors (Lipinski definition) is 1. The van der Waals surface area contributed by atoms with E-state index in [1.165, 1.54) is 69.5 Å². The molecule has 1 aliphatic carbocycles. The van der Waals surface area contributed by atoms with Crippen molar-refractivity contribution >= 4 is 17.6 Å². The minimum absolute atomic E-state index is 0.319. The maximum atomic E-state index is 10.1. The van der Waals surface area contributed by atoms with Gasteiger partial charge >= 0.3 is 0 Å². The standard InChI is InChI=1S/C26H36N4O2S/c1-31-22-16-15-19(17-23(22)32-2)24-21(18-27)25(30-26(29-24)33-3)28-20-13-11-9-7-5-4-6-8-10-12-14-20/h15-17,20H,4-14H2,1-3H3,(H,28,29,30). The first-order valence-corrected chi connectivity index (χ1v) is 13.3. The predicted octanol–water partition coefficient (Wildman–Crippen LogP) is 6.84. The zero-order valence-electron chi connectivity index (χ0n) is 20.2. The highest BCUT2D eigenvalue weighted by Crippen LogP contribution is 2.35. The Bertz CT molecular complexity index is 933. The van der Waals surface area contributed by atoms with Crippen molar-refractivity contribution < 1.29 is 9.47 Å². The van der Waals surface area contributed by atoms with Gasteiger partial charge in [-0.3, -0.25) is 0 Å². The van der Waals surface area contributed by atoms with Crippen LogP contribution >= 0.6 is 11.8 Å². The number of aromatic nitrogens is 2. The van der Waals surface area contributed by atoms with Crippen LogP contribution in [0.25, 0.3) is 11.3 Å². The Labute approximate surface area is 202 Å². The molecular weight excluding hydrogens is 432 g/mol. The van der Waals surface area contributed by atoms with Crippen LogP contribution in [0.5, 0.6) is 11.5 Å². The number of thioether (sulfide) groups is 1. The number of methoxy groups -OCH3 is 2. The molecule has 1 saturated carbocycles. The van der Waals surface area contributed by atoms with E-state index in [-0.39, 0.29) is 0 Å². The van der Waals surface area contributed by atoms with Crippen LogP contribution in [-0.4, -0.2) is 36.5 Å². The molecule has 0 unspecified atom stereocenters. The molecule has 6 nitrogen and oxygen atoms in total. The maximum Gasteiger partial charge on any atom is 0.189 e. The minimum Gasteiger partial charge on any atom is -0.493 e. The number of nitrogens with one attached hydrogen (secondary N) is 1. The van der Waals surface area contributed by atoms with Crippen LogP contribution in [0.3, 0.4) is 0 Å². The SMILES string of the molecule is COc1ccc(-c2nc(SC)nc(NC3CCCCCCCCCCC3)c2C#N)cc1OC. The molecule has 1 fully saturated rings. The first-order valence-electron chi connectivity index (χ1n) is 12.0. The van der Waals surface area contributed by atoms with Crippen LogP contribution in [0.15, 0.2) is 23.4 Å². The first-order chi connectivity index (χ1) is 16.2. The first kappa shape index (κ1) is 25.2. The van der Waals surface area contributed by atoms with Crippen LogP contribution < -0.4 is 14.8 Å². The van der Waals surface area contributed by atoms with Gasteiger partial charge in [0.15, 0.2) is 16.7 Å².